The van der Waals surface area contributed by atoms with E-state index in [9.17, 15) is 9.59 Å². The minimum absolute atomic E-state index is 0.148. The van der Waals surface area contributed by atoms with E-state index in [4.69, 9.17) is 0 Å². The molecular weight excluding hydrogens is 388 g/mol. The minimum atomic E-state index is -0.484. The van der Waals surface area contributed by atoms with Gasteiger partial charge in [0.05, 0.1) is 11.9 Å². The van der Waals surface area contributed by atoms with E-state index >= 15 is 0 Å². The maximum atomic E-state index is 12.9. The number of allylic oxidation sites excluding steroid dienone is 1. The molecule has 0 saturated heterocycles. The van der Waals surface area contributed by atoms with Crippen LogP contribution in [0, 0.1) is 0 Å². The zero-order chi connectivity index (χ0) is 21.5. The summed E-state index contributed by atoms with van der Waals surface area (Å²) in [5, 5.41) is 9.24. The van der Waals surface area contributed by atoms with E-state index in [1.165, 1.54) is 10.9 Å². The lowest BCUT2D eigenvalue weighted by Gasteiger charge is -2.10. The number of hydrogen-bond donors (Lipinski definition) is 1. The lowest BCUT2D eigenvalue weighted by molar-refractivity contribution is 0.0949. The maximum Gasteiger partial charge on any atom is 0.292 e. The molecule has 1 aromatic heterocycles. The third-order valence-electron chi connectivity index (χ3n) is 4.67. The Bertz CT molecular complexity index is 1310. The highest BCUT2D eigenvalue weighted by atomic mass is 16.2. The summed E-state index contributed by atoms with van der Waals surface area (Å²) in [6, 6.07) is 26.2. The fraction of sp³-hybridized carbons (Fsp3) is 0.0400. The molecule has 0 atom stereocenters. The van der Waals surface area contributed by atoms with Crippen LogP contribution in [0.1, 0.15) is 21.6 Å². The zero-order valence-corrected chi connectivity index (χ0v) is 16.7. The molecule has 1 N–H and O–H groups in total. The Morgan fingerprint density at radius 3 is 2.29 bits per heavy atom. The molecule has 0 radical (unpaired) electrons. The quantitative estimate of drug-likeness (QED) is 0.389. The van der Waals surface area contributed by atoms with Gasteiger partial charge in [-0.3, -0.25) is 9.59 Å². The summed E-state index contributed by atoms with van der Waals surface area (Å²) in [4.78, 5) is 25.7. The normalized spacial score (nSPS) is 11.4. The lowest BCUT2D eigenvalue weighted by atomic mass is 10.1. The van der Waals surface area contributed by atoms with Crippen LogP contribution in [0.2, 0.25) is 0 Å². The molecule has 1 heterocycles. The standard InChI is InChI=1S/C25H20N4O2/c30-24(27-26-17-9-14-19-10-3-1-4-11-19)23-21-15-7-8-16-22(21)25(31)29(28-23)18-20-12-5-2-6-13-20/h1-17H,18H2,(H,27,30)/b14-9+,26-17+. The topological polar surface area (TPSA) is 76.3 Å². The first kappa shape index (κ1) is 20.0. The molecule has 1 amide bonds. The van der Waals surface area contributed by atoms with Crippen LogP contribution in [0.4, 0.5) is 0 Å². The predicted molar refractivity (Wildman–Crippen MR) is 123 cm³/mol. The second kappa shape index (κ2) is 9.45. The molecule has 4 aromatic rings. The van der Waals surface area contributed by atoms with Crippen molar-refractivity contribution in [2.45, 2.75) is 6.54 Å². The van der Waals surface area contributed by atoms with Crippen LogP contribution in [0.3, 0.4) is 0 Å². The van der Waals surface area contributed by atoms with Crippen LogP contribution in [-0.2, 0) is 6.54 Å². The zero-order valence-electron chi connectivity index (χ0n) is 16.7. The van der Waals surface area contributed by atoms with E-state index in [1.807, 2.05) is 66.7 Å². The molecule has 152 valence electrons. The van der Waals surface area contributed by atoms with Gasteiger partial charge < -0.3 is 0 Å². The number of carbonyl (C=O) groups is 1. The summed E-state index contributed by atoms with van der Waals surface area (Å²) in [5.41, 5.74) is 4.34. The van der Waals surface area contributed by atoms with Crippen molar-refractivity contribution in [2.75, 3.05) is 0 Å². The van der Waals surface area contributed by atoms with Crippen molar-refractivity contribution < 1.29 is 4.79 Å². The first-order valence-corrected chi connectivity index (χ1v) is 9.81. The van der Waals surface area contributed by atoms with Gasteiger partial charge in [-0.2, -0.15) is 10.2 Å². The number of amides is 1. The van der Waals surface area contributed by atoms with Crippen LogP contribution in [0.15, 0.2) is 101 Å². The van der Waals surface area contributed by atoms with E-state index in [1.54, 1.807) is 30.3 Å². The number of benzene rings is 3. The molecule has 0 saturated carbocycles. The monoisotopic (exact) mass is 408 g/mol. The number of aromatic nitrogens is 2. The van der Waals surface area contributed by atoms with E-state index in [2.05, 4.69) is 15.6 Å². The Hall–Kier alpha value is -4.32. The van der Waals surface area contributed by atoms with Crippen LogP contribution >= 0.6 is 0 Å². The molecule has 0 fully saturated rings. The van der Waals surface area contributed by atoms with Crippen molar-refractivity contribution in [3.8, 4) is 0 Å². The van der Waals surface area contributed by atoms with Crippen LogP contribution in [-0.4, -0.2) is 21.9 Å². The van der Waals surface area contributed by atoms with Gasteiger partial charge in [-0.05, 0) is 23.3 Å². The smallest absolute Gasteiger partial charge is 0.267 e. The Balaban J connectivity index is 1.59. The number of nitrogens with one attached hydrogen (secondary N) is 1. The largest absolute Gasteiger partial charge is 0.292 e. The van der Waals surface area contributed by atoms with Gasteiger partial charge in [-0.25, -0.2) is 10.1 Å². The third kappa shape index (κ3) is 4.82. The SMILES string of the molecule is O=C(N/N=C/C=C/c1ccccc1)c1nn(Cc2ccccc2)c(=O)c2ccccc12. The summed E-state index contributed by atoms with van der Waals surface area (Å²) in [6.07, 6.45) is 5.11. The molecule has 4 rings (SSSR count). The van der Waals surface area contributed by atoms with Crippen LogP contribution in [0.5, 0.6) is 0 Å². The Kier molecular flexibility index (Phi) is 6.09. The highest BCUT2D eigenvalue weighted by Gasteiger charge is 2.16. The summed E-state index contributed by atoms with van der Waals surface area (Å²) in [6.45, 7) is 0.272. The van der Waals surface area contributed by atoms with E-state index in [0.717, 1.165) is 11.1 Å². The number of hydrazone groups is 1. The highest BCUT2D eigenvalue weighted by molar-refractivity contribution is 6.04. The van der Waals surface area contributed by atoms with Gasteiger partial charge in [0.1, 0.15) is 0 Å². The fourth-order valence-corrected chi connectivity index (χ4v) is 3.18. The van der Waals surface area contributed by atoms with Gasteiger partial charge in [0.15, 0.2) is 5.69 Å². The van der Waals surface area contributed by atoms with Gasteiger partial charge in [0, 0.05) is 11.6 Å². The maximum absolute atomic E-state index is 12.9. The van der Waals surface area contributed by atoms with Crippen molar-refractivity contribution in [3.05, 3.63) is 118 Å². The predicted octanol–water partition coefficient (Wildman–Crippen LogP) is 3.87. The Labute approximate surface area is 179 Å². The lowest BCUT2D eigenvalue weighted by Crippen LogP contribution is -2.29. The fourth-order valence-electron chi connectivity index (χ4n) is 3.18. The molecular formula is C25H20N4O2. The highest BCUT2D eigenvalue weighted by Crippen LogP contribution is 2.14. The van der Waals surface area contributed by atoms with Crippen molar-refractivity contribution in [1.82, 2.24) is 15.2 Å². The summed E-state index contributed by atoms with van der Waals surface area (Å²) < 4.78 is 1.31. The van der Waals surface area contributed by atoms with Gasteiger partial charge >= 0.3 is 0 Å². The first-order valence-electron chi connectivity index (χ1n) is 9.81. The second-order valence-electron chi connectivity index (χ2n) is 6.83. The molecule has 0 aliphatic carbocycles. The molecule has 3 aromatic carbocycles. The molecule has 0 aliphatic rings. The van der Waals surface area contributed by atoms with Crippen LogP contribution in [0.25, 0.3) is 16.8 Å². The average molecular weight is 408 g/mol. The molecule has 0 unspecified atom stereocenters. The molecule has 0 spiro atoms. The number of fused-ring (bicyclic) bond motifs is 1. The second-order valence-corrected chi connectivity index (χ2v) is 6.83. The van der Waals surface area contributed by atoms with E-state index in [-0.39, 0.29) is 17.8 Å². The van der Waals surface area contributed by atoms with Crippen molar-refractivity contribution in [2.24, 2.45) is 5.10 Å². The van der Waals surface area contributed by atoms with Gasteiger partial charge in [0.2, 0.25) is 0 Å². The van der Waals surface area contributed by atoms with Crippen molar-refractivity contribution in [1.29, 1.82) is 0 Å². The Morgan fingerprint density at radius 2 is 1.55 bits per heavy atom. The molecule has 6 heteroatoms. The molecule has 0 bridgehead atoms. The number of rotatable bonds is 6. The molecule has 6 nitrogen and oxygen atoms in total. The van der Waals surface area contributed by atoms with Crippen molar-refractivity contribution in [3.63, 3.8) is 0 Å². The number of nitrogens with zero attached hydrogens (tertiary/aromatic N) is 3. The number of carbonyl (C=O) groups excluding carboxylic acids is 1. The summed E-state index contributed by atoms with van der Waals surface area (Å²) in [5.74, 6) is -0.484. The summed E-state index contributed by atoms with van der Waals surface area (Å²) >= 11 is 0. The van der Waals surface area contributed by atoms with Crippen molar-refractivity contribution >= 4 is 29.0 Å². The molecule has 0 aliphatic heterocycles. The minimum Gasteiger partial charge on any atom is -0.267 e. The van der Waals surface area contributed by atoms with Gasteiger partial charge in [0.25, 0.3) is 11.5 Å². The van der Waals surface area contributed by atoms with Gasteiger partial charge in [-0.1, -0.05) is 84.9 Å². The summed E-state index contributed by atoms with van der Waals surface area (Å²) in [7, 11) is 0. The van der Waals surface area contributed by atoms with E-state index < -0.39 is 5.91 Å². The Morgan fingerprint density at radius 1 is 0.903 bits per heavy atom. The van der Waals surface area contributed by atoms with Crippen LogP contribution < -0.4 is 11.0 Å². The third-order valence-corrected chi connectivity index (χ3v) is 4.67. The van der Waals surface area contributed by atoms with E-state index in [0.29, 0.717) is 10.8 Å². The number of hydrogen-bond acceptors (Lipinski definition) is 4. The molecule has 31 heavy (non-hydrogen) atoms. The first-order chi connectivity index (χ1) is 15.2. The van der Waals surface area contributed by atoms with Gasteiger partial charge in [-0.15, -0.1) is 0 Å². The average Bonchev–Trinajstić information content (AvgIpc) is 2.82.